The summed E-state index contributed by atoms with van der Waals surface area (Å²) in [6.45, 7) is 0. The fourth-order valence-electron chi connectivity index (χ4n) is 3.27. The van der Waals surface area contributed by atoms with Gasteiger partial charge in [-0.15, -0.1) is 0 Å². The molecule has 1 heterocycles. The zero-order valence-electron chi connectivity index (χ0n) is 14.1. The number of nitrogens with zero attached hydrogens (tertiary/aromatic N) is 1. The molecular weight excluding hydrogens is 312 g/mol. The summed E-state index contributed by atoms with van der Waals surface area (Å²) in [6.07, 6.45) is 0. The smallest absolute Gasteiger partial charge is 0.356 e. The zero-order valence-corrected chi connectivity index (χ0v) is 14.1. The molecule has 0 saturated heterocycles. The van der Waals surface area contributed by atoms with Crippen LogP contribution >= 0.6 is 0 Å². The van der Waals surface area contributed by atoms with Crippen molar-refractivity contribution in [2.45, 2.75) is 0 Å². The van der Waals surface area contributed by atoms with Crippen molar-refractivity contribution in [1.82, 2.24) is 4.57 Å². The van der Waals surface area contributed by atoms with E-state index in [1.807, 2.05) is 54.1 Å². The molecule has 0 aliphatic rings. The van der Waals surface area contributed by atoms with Crippen molar-refractivity contribution in [2.75, 3.05) is 12.4 Å². The third-order valence-electron chi connectivity index (χ3n) is 4.50. The SMILES string of the molecule is COC(=O)c1c(Nc2ccc3ccccc3c2)c2ccccc2n1C. The van der Waals surface area contributed by atoms with E-state index in [1.54, 1.807) is 0 Å². The number of fused-ring (bicyclic) bond motifs is 2. The summed E-state index contributed by atoms with van der Waals surface area (Å²) >= 11 is 0. The van der Waals surface area contributed by atoms with Gasteiger partial charge in [0.1, 0.15) is 0 Å². The molecule has 0 spiro atoms. The minimum Gasteiger partial charge on any atom is -0.464 e. The van der Waals surface area contributed by atoms with Gasteiger partial charge in [0.25, 0.3) is 0 Å². The summed E-state index contributed by atoms with van der Waals surface area (Å²) in [5, 5.41) is 6.73. The number of para-hydroxylation sites is 1. The van der Waals surface area contributed by atoms with E-state index in [2.05, 4.69) is 29.6 Å². The first kappa shape index (κ1) is 15.3. The van der Waals surface area contributed by atoms with Gasteiger partial charge < -0.3 is 14.6 Å². The number of ether oxygens (including phenoxy) is 1. The van der Waals surface area contributed by atoms with Crippen LogP contribution in [0.25, 0.3) is 21.7 Å². The van der Waals surface area contributed by atoms with Gasteiger partial charge in [0.05, 0.1) is 18.3 Å². The maximum atomic E-state index is 12.3. The Bertz CT molecular complexity index is 1100. The van der Waals surface area contributed by atoms with Crippen molar-refractivity contribution in [3.63, 3.8) is 0 Å². The zero-order chi connectivity index (χ0) is 17.4. The number of carbonyl (C=O) groups excluding carboxylic acids is 1. The number of esters is 1. The number of aryl methyl sites for hydroxylation is 1. The van der Waals surface area contributed by atoms with E-state index in [0.29, 0.717) is 5.69 Å². The molecule has 0 amide bonds. The molecule has 0 unspecified atom stereocenters. The summed E-state index contributed by atoms with van der Waals surface area (Å²) in [5.41, 5.74) is 3.18. The lowest BCUT2D eigenvalue weighted by Gasteiger charge is -2.10. The second-order valence-electron chi connectivity index (χ2n) is 5.98. The quantitative estimate of drug-likeness (QED) is 0.545. The number of carbonyl (C=O) groups is 1. The molecule has 0 bridgehead atoms. The van der Waals surface area contributed by atoms with Crippen LogP contribution in [0.5, 0.6) is 0 Å². The van der Waals surface area contributed by atoms with Gasteiger partial charge in [0, 0.05) is 18.1 Å². The van der Waals surface area contributed by atoms with Gasteiger partial charge >= 0.3 is 5.97 Å². The Morgan fingerprint density at radius 1 is 0.960 bits per heavy atom. The molecule has 0 atom stereocenters. The molecule has 4 nitrogen and oxygen atoms in total. The molecule has 0 radical (unpaired) electrons. The summed E-state index contributed by atoms with van der Waals surface area (Å²) in [6, 6.07) is 22.3. The Morgan fingerprint density at radius 3 is 2.48 bits per heavy atom. The van der Waals surface area contributed by atoms with Crippen LogP contribution in [-0.4, -0.2) is 17.6 Å². The molecule has 0 fully saturated rings. The highest BCUT2D eigenvalue weighted by Crippen LogP contribution is 2.33. The van der Waals surface area contributed by atoms with Gasteiger partial charge in [-0.1, -0.05) is 48.5 Å². The van der Waals surface area contributed by atoms with Crippen molar-refractivity contribution in [1.29, 1.82) is 0 Å². The Balaban J connectivity index is 1.88. The van der Waals surface area contributed by atoms with Crippen LogP contribution in [-0.2, 0) is 11.8 Å². The highest BCUT2D eigenvalue weighted by molar-refractivity contribution is 6.08. The second-order valence-corrected chi connectivity index (χ2v) is 5.98. The fourth-order valence-corrected chi connectivity index (χ4v) is 3.27. The molecule has 4 heteroatoms. The highest BCUT2D eigenvalue weighted by Gasteiger charge is 2.21. The maximum Gasteiger partial charge on any atom is 0.356 e. The molecule has 4 aromatic rings. The standard InChI is InChI=1S/C21H18N2O2/c1-23-18-10-6-5-9-17(18)19(20(23)21(24)25-2)22-16-12-11-14-7-3-4-8-15(14)13-16/h3-13,22H,1-2H3. The van der Waals surface area contributed by atoms with Crippen LogP contribution in [0.1, 0.15) is 10.5 Å². The normalized spacial score (nSPS) is 11.0. The van der Waals surface area contributed by atoms with E-state index in [4.69, 9.17) is 4.74 Å². The number of aromatic nitrogens is 1. The first-order valence-corrected chi connectivity index (χ1v) is 8.10. The third kappa shape index (κ3) is 2.52. The van der Waals surface area contributed by atoms with E-state index >= 15 is 0 Å². The Morgan fingerprint density at radius 2 is 1.68 bits per heavy atom. The van der Waals surface area contributed by atoms with Crippen LogP contribution in [0.3, 0.4) is 0 Å². The third-order valence-corrected chi connectivity index (χ3v) is 4.50. The van der Waals surface area contributed by atoms with Crippen molar-refractivity contribution in [3.8, 4) is 0 Å². The van der Waals surface area contributed by atoms with Gasteiger partial charge in [-0.05, 0) is 29.0 Å². The molecular formula is C21H18N2O2. The predicted molar refractivity (Wildman–Crippen MR) is 101 cm³/mol. The molecule has 4 rings (SSSR count). The van der Waals surface area contributed by atoms with Crippen LogP contribution in [0.4, 0.5) is 11.4 Å². The second kappa shape index (κ2) is 5.98. The van der Waals surface area contributed by atoms with Crippen LogP contribution in [0, 0.1) is 0 Å². The predicted octanol–water partition coefficient (Wildman–Crippen LogP) is 4.86. The average molecular weight is 330 g/mol. The van der Waals surface area contributed by atoms with E-state index in [0.717, 1.165) is 27.7 Å². The summed E-state index contributed by atoms with van der Waals surface area (Å²) < 4.78 is 6.86. The van der Waals surface area contributed by atoms with Crippen molar-refractivity contribution in [2.24, 2.45) is 7.05 Å². The van der Waals surface area contributed by atoms with E-state index < -0.39 is 0 Å². The number of anilines is 2. The summed E-state index contributed by atoms with van der Waals surface area (Å²) in [7, 11) is 3.28. The number of hydrogen-bond acceptors (Lipinski definition) is 3. The van der Waals surface area contributed by atoms with Crippen molar-refractivity contribution in [3.05, 3.63) is 72.4 Å². The fraction of sp³-hybridized carbons (Fsp3) is 0.0952. The lowest BCUT2D eigenvalue weighted by Crippen LogP contribution is -2.09. The molecule has 1 aromatic heterocycles. The molecule has 25 heavy (non-hydrogen) atoms. The van der Waals surface area contributed by atoms with Crippen LogP contribution in [0.15, 0.2) is 66.7 Å². The summed E-state index contributed by atoms with van der Waals surface area (Å²) in [4.78, 5) is 12.3. The number of methoxy groups -OCH3 is 1. The van der Waals surface area contributed by atoms with Crippen LogP contribution in [0.2, 0.25) is 0 Å². The minimum atomic E-state index is -0.359. The van der Waals surface area contributed by atoms with E-state index in [-0.39, 0.29) is 5.97 Å². The lowest BCUT2D eigenvalue weighted by atomic mass is 10.1. The van der Waals surface area contributed by atoms with Gasteiger partial charge in [0.2, 0.25) is 0 Å². The van der Waals surface area contributed by atoms with Gasteiger partial charge in [-0.2, -0.15) is 0 Å². The maximum absolute atomic E-state index is 12.3. The largest absolute Gasteiger partial charge is 0.464 e. The molecule has 0 aliphatic heterocycles. The van der Waals surface area contributed by atoms with Gasteiger partial charge in [0.15, 0.2) is 5.69 Å². The Labute approximate surface area is 145 Å². The molecule has 1 N–H and O–H groups in total. The summed E-state index contributed by atoms with van der Waals surface area (Å²) in [5.74, 6) is -0.359. The first-order chi connectivity index (χ1) is 12.2. The molecule has 0 aliphatic carbocycles. The molecule has 3 aromatic carbocycles. The van der Waals surface area contributed by atoms with Crippen molar-refractivity contribution < 1.29 is 9.53 Å². The minimum absolute atomic E-state index is 0.359. The van der Waals surface area contributed by atoms with Crippen molar-refractivity contribution >= 4 is 39.0 Å². The monoisotopic (exact) mass is 330 g/mol. The number of rotatable bonds is 3. The average Bonchev–Trinajstić information content (AvgIpc) is 2.93. The van der Waals surface area contributed by atoms with Gasteiger partial charge in [-0.3, -0.25) is 0 Å². The Hall–Kier alpha value is -3.27. The lowest BCUT2D eigenvalue weighted by molar-refractivity contribution is 0.0591. The number of hydrogen-bond donors (Lipinski definition) is 1. The first-order valence-electron chi connectivity index (χ1n) is 8.10. The van der Waals surface area contributed by atoms with Crippen LogP contribution < -0.4 is 5.32 Å². The molecule has 0 saturated carbocycles. The number of nitrogens with one attached hydrogen (secondary N) is 1. The van der Waals surface area contributed by atoms with E-state index in [1.165, 1.54) is 12.5 Å². The number of benzene rings is 3. The molecule has 124 valence electrons. The highest BCUT2D eigenvalue weighted by atomic mass is 16.5. The Kier molecular flexibility index (Phi) is 3.65. The van der Waals surface area contributed by atoms with E-state index in [9.17, 15) is 4.79 Å². The topological polar surface area (TPSA) is 43.3 Å². The van der Waals surface area contributed by atoms with Gasteiger partial charge in [-0.25, -0.2) is 4.79 Å².